The summed E-state index contributed by atoms with van der Waals surface area (Å²) in [5, 5.41) is 4.04. The number of benzene rings is 2. The van der Waals surface area contributed by atoms with Crippen LogP contribution in [0, 0.1) is 0 Å². The zero-order valence-electron chi connectivity index (χ0n) is 15.6. The van der Waals surface area contributed by atoms with Crippen LogP contribution in [0.1, 0.15) is 35.8 Å². The number of nitrogen functional groups attached to an aromatic ring is 1. The first-order chi connectivity index (χ1) is 13.0. The molecule has 0 aliphatic carbocycles. The maximum absolute atomic E-state index is 13.0. The number of carbonyl (C=O) groups excluding carboxylic acids is 1. The van der Waals surface area contributed by atoms with Gasteiger partial charge in [0.2, 0.25) is 0 Å². The number of ether oxygens (including phenoxy) is 1. The standard InChI is InChI=1S/C22H25N3O2/c1-22(10-5-11-27-22)15-24-21(26)20-13-17-12-18(23)8-9-19(17)25(20)14-16-6-3-2-4-7-16/h2-4,6-9,12-13H,5,10-11,14-15,23H2,1H3,(H,24,26). The van der Waals surface area contributed by atoms with Crippen molar-refractivity contribution in [3.8, 4) is 0 Å². The third-order valence-corrected chi connectivity index (χ3v) is 5.26. The molecular weight excluding hydrogens is 338 g/mol. The second-order valence-corrected chi connectivity index (χ2v) is 7.50. The number of nitrogens with zero attached hydrogens (tertiary/aromatic N) is 1. The van der Waals surface area contributed by atoms with E-state index in [0.29, 0.717) is 24.5 Å². The van der Waals surface area contributed by atoms with Gasteiger partial charge in [0.25, 0.3) is 5.91 Å². The molecule has 27 heavy (non-hydrogen) atoms. The number of hydrogen-bond acceptors (Lipinski definition) is 3. The largest absolute Gasteiger partial charge is 0.399 e. The number of nitrogens with two attached hydrogens (primary N) is 1. The summed E-state index contributed by atoms with van der Waals surface area (Å²) in [5.41, 5.74) is 9.16. The molecule has 0 spiro atoms. The van der Waals surface area contributed by atoms with Gasteiger partial charge in [-0.3, -0.25) is 4.79 Å². The van der Waals surface area contributed by atoms with Crippen molar-refractivity contribution in [3.63, 3.8) is 0 Å². The minimum atomic E-state index is -0.267. The average Bonchev–Trinajstić information content (AvgIpc) is 3.25. The van der Waals surface area contributed by atoms with Gasteiger partial charge < -0.3 is 20.4 Å². The van der Waals surface area contributed by atoms with Gasteiger partial charge >= 0.3 is 0 Å². The van der Waals surface area contributed by atoms with Crippen LogP contribution in [0.2, 0.25) is 0 Å². The van der Waals surface area contributed by atoms with Crippen molar-refractivity contribution in [1.29, 1.82) is 0 Å². The van der Waals surface area contributed by atoms with Gasteiger partial charge in [-0.15, -0.1) is 0 Å². The summed E-state index contributed by atoms with van der Waals surface area (Å²) in [6, 6.07) is 17.8. The van der Waals surface area contributed by atoms with E-state index in [0.717, 1.165) is 35.9 Å². The zero-order chi connectivity index (χ0) is 18.9. The highest BCUT2D eigenvalue weighted by molar-refractivity contribution is 5.99. The summed E-state index contributed by atoms with van der Waals surface area (Å²) in [7, 11) is 0. The van der Waals surface area contributed by atoms with Crippen LogP contribution >= 0.6 is 0 Å². The molecule has 2 heterocycles. The smallest absolute Gasteiger partial charge is 0.268 e. The Hall–Kier alpha value is -2.79. The Kier molecular flexibility index (Phi) is 4.62. The Morgan fingerprint density at radius 3 is 2.78 bits per heavy atom. The lowest BCUT2D eigenvalue weighted by molar-refractivity contribution is 0.0205. The number of anilines is 1. The van der Waals surface area contributed by atoms with Gasteiger partial charge in [0.1, 0.15) is 5.69 Å². The summed E-state index contributed by atoms with van der Waals surface area (Å²) in [6.07, 6.45) is 2.01. The fourth-order valence-electron chi connectivity index (χ4n) is 3.75. The highest BCUT2D eigenvalue weighted by Gasteiger charge is 2.30. The Morgan fingerprint density at radius 1 is 1.22 bits per heavy atom. The topological polar surface area (TPSA) is 69.3 Å². The lowest BCUT2D eigenvalue weighted by Gasteiger charge is -2.23. The van der Waals surface area contributed by atoms with Crippen molar-refractivity contribution in [2.75, 3.05) is 18.9 Å². The number of carbonyl (C=O) groups is 1. The molecule has 0 bridgehead atoms. The molecule has 140 valence electrons. The molecule has 1 fully saturated rings. The van der Waals surface area contributed by atoms with Crippen LogP contribution in [-0.4, -0.2) is 29.2 Å². The number of aromatic nitrogens is 1. The number of amides is 1. The number of nitrogens with one attached hydrogen (secondary N) is 1. The molecule has 4 rings (SSSR count). The van der Waals surface area contributed by atoms with Gasteiger partial charge in [-0.2, -0.15) is 0 Å². The average molecular weight is 363 g/mol. The van der Waals surface area contributed by atoms with Crippen molar-refractivity contribution in [2.45, 2.75) is 31.9 Å². The van der Waals surface area contributed by atoms with E-state index in [1.165, 1.54) is 0 Å². The summed E-state index contributed by atoms with van der Waals surface area (Å²) >= 11 is 0. The van der Waals surface area contributed by atoms with Crippen LogP contribution < -0.4 is 11.1 Å². The normalized spacial score (nSPS) is 19.4. The lowest BCUT2D eigenvalue weighted by atomic mass is 10.0. The van der Waals surface area contributed by atoms with E-state index in [4.69, 9.17) is 10.5 Å². The number of fused-ring (bicyclic) bond motifs is 1. The molecule has 1 amide bonds. The van der Waals surface area contributed by atoms with E-state index in [2.05, 4.69) is 28.9 Å². The predicted molar refractivity (Wildman–Crippen MR) is 108 cm³/mol. The van der Waals surface area contributed by atoms with Crippen LogP contribution in [0.15, 0.2) is 54.6 Å². The Morgan fingerprint density at radius 2 is 2.04 bits per heavy atom. The van der Waals surface area contributed by atoms with E-state index in [1.807, 2.05) is 42.5 Å². The minimum absolute atomic E-state index is 0.0857. The Labute approximate surface area is 159 Å². The maximum atomic E-state index is 13.0. The first kappa shape index (κ1) is 17.6. The summed E-state index contributed by atoms with van der Waals surface area (Å²) in [5.74, 6) is -0.0857. The van der Waals surface area contributed by atoms with E-state index in [1.54, 1.807) is 0 Å². The van der Waals surface area contributed by atoms with Crippen molar-refractivity contribution in [2.24, 2.45) is 0 Å². The van der Waals surface area contributed by atoms with Crippen molar-refractivity contribution in [3.05, 3.63) is 65.9 Å². The molecule has 1 atom stereocenters. The van der Waals surface area contributed by atoms with Crippen LogP contribution in [0.5, 0.6) is 0 Å². The Balaban J connectivity index is 1.65. The first-order valence-electron chi connectivity index (χ1n) is 9.39. The summed E-state index contributed by atoms with van der Waals surface area (Å²) < 4.78 is 7.84. The molecule has 1 aliphatic heterocycles. The monoisotopic (exact) mass is 363 g/mol. The van der Waals surface area contributed by atoms with Gasteiger partial charge in [0.15, 0.2) is 0 Å². The van der Waals surface area contributed by atoms with E-state index < -0.39 is 0 Å². The third kappa shape index (κ3) is 3.69. The minimum Gasteiger partial charge on any atom is -0.399 e. The molecule has 0 radical (unpaired) electrons. The molecule has 0 saturated carbocycles. The summed E-state index contributed by atoms with van der Waals surface area (Å²) in [4.78, 5) is 13.0. The quantitative estimate of drug-likeness (QED) is 0.681. The van der Waals surface area contributed by atoms with Gasteiger partial charge in [-0.05, 0) is 49.6 Å². The van der Waals surface area contributed by atoms with E-state index in [9.17, 15) is 4.79 Å². The summed E-state index contributed by atoms with van der Waals surface area (Å²) in [6.45, 7) is 3.96. The molecular formula is C22H25N3O2. The Bertz CT molecular complexity index is 956. The molecule has 1 aliphatic rings. The first-order valence-corrected chi connectivity index (χ1v) is 9.39. The van der Waals surface area contributed by atoms with Gasteiger partial charge in [-0.25, -0.2) is 0 Å². The van der Waals surface area contributed by atoms with Crippen LogP contribution in [0.4, 0.5) is 5.69 Å². The van der Waals surface area contributed by atoms with Gasteiger partial charge in [0, 0.05) is 36.3 Å². The molecule has 5 nitrogen and oxygen atoms in total. The molecule has 1 aromatic heterocycles. The highest BCUT2D eigenvalue weighted by Crippen LogP contribution is 2.26. The second kappa shape index (κ2) is 7.08. The van der Waals surface area contributed by atoms with Gasteiger partial charge in [-0.1, -0.05) is 30.3 Å². The zero-order valence-corrected chi connectivity index (χ0v) is 15.6. The predicted octanol–water partition coefficient (Wildman–Crippen LogP) is 3.57. The van der Waals surface area contributed by atoms with Crippen LogP contribution in [0.25, 0.3) is 10.9 Å². The van der Waals surface area contributed by atoms with Crippen LogP contribution in [0.3, 0.4) is 0 Å². The number of hydrogen-bond donors (Lipinski definition) is 2. The fourth-order valence-corrected chi connectivity index (χ4v) is 3.75. The fraction of sp³-hybridized carbons (Fsp3) is 0.318. The van der Waals surface area contributed by atoms with Gasteiger partial charge in [0.05, 0.1) is 5.60 Å². The molecule has 2 aromatic carbocycles. The maximum Gasteiger partial charge on any atom is 0.268 e. The molecule has 1 unspecified atom stereocenters. The van der Waals surface area contributed by atoms with E-state index in [-0.39, 0.29) is 11.5 Å². The van der Waals surface area contributed by atoms with E-state index >= 15 is 0 Å². The van der Waals surface area contributed by atoms with Crippen LogP contribution in [-0.2, 0) is 11.3 Å². The number of rotatable bonds is 5. The molecule has 5 heteroatoms. The highest BCUT2D eigenvalue weighted by atomic mass is 16.5. The van der Waals surface area contributed by atoms with Crippen molar-refractivity contribution >= 4 is 22.5 Å². The SMILES string of the molecule is CC1(CNC(=O)c2cc3cc(N)ccc3n2Cc2ccccc2)CCCO1. The van der Waals surface area contributed by atoms with Crippen molar-refractivity contribution < 1.29 is 9.53 Å². The second-order valence-electron chi connectivity index (χ2n) is 7.50. The third-order valence-electron chi connectivity index (χ3n) is 5.26. The van der Waals surface area contributed by atoms with Crippen molar-refractivity contribution in [1.82, 2.24) is 9.88 Å². The lowest BCUT2D eigenvalue weighted by Crippen LogP contribution is -2.40. The molecule has 3 N–H and O–H groups in total. The molecule has 3 aromatic rings. The molecule has 1 saturated heterocycles.